The molecule has 1 aliphatic heterocycles. The van der Waals surface area contributed by atoms with Crippen LogP contribution in [0.3, 0.4) is 0 Å². The van der Waals surface area contributed by atoms with Gasteiger partial charge in [-0.05, 0) is 40.0 Å². The quantitative estimate of drug-likeness (QED) is 0.898. The van der Waals surface area contributed by atoms with Crippen molar-refractivity contribution >= 4 is 15.9 Å². The molecule has 1 heterocycles. The lowest BCUT2D eigenvalue weighted by molar-refractivity contribution is 0.105. The van der Waals surface area contributed by atoms with Crippen molar-refractivity contribution in [2.45, 2.75) is 18.6 Å². The summed E-state index contributed by atoms with van der Waals surface area (Å²) in [5.41, 5.74) is 7.06. The lowest BCUT2D eigenvalue weighted by Crippen LogP contribution is -2.23. The van der Waals surface area contributed by atoms with Crippen molar-refractivity contribution < 1.29 is 9.47 Å². The molecule has 2 unspecified atom stereocenters. The van der Waals surface area contributed by atoms with Crippen LogP contribution in [0.2, 0.25) is 0 Å². The molecule has 82 valence electrons. The average molecular weight is 272 g/mol. The van der Waals surface area contributed by atoms with E-state index in [4.69, 9.17) is 15.2 Å². The third-order valence-corrected chi connectivity index (χ3v) is 3.26. The number of nitrogens with two attached hydrogens (primary N) is 1. The Morgan fingerprint density at radius 2 is 2.33 bits per heavy atom. The lowest BCUT2D eigenvalue weighted by Gasteiger charge is -2.16. The molecule has 0 spiro atoms. The molecule has 2 atom stereocenters. The molecule has 15 heavy (non-hydrogen) atoms. The van der Waals surface area contributed by atoms with Gasteiger partial charge in [-0.2, -0.15) is 0 Å². The fraction of sp³-hybridized carbons (Fsp3) is 0.455. The highest BCUT2D eigenvalue weighted by atomic mass is 79.9. The van der Waals surface area contributed by atoms with E-state index >= 15 is 0 Å². The van der Waals surface area contributed by atoms with Gasteiger partial charge >= 0.3 is 0 Å². The molecular weight excluding hydrogens is 258 g/mol. The molecule has 1 aliphatic rings. The zero-order valence-electron chi connectivity index (χ0n) is 8.57. The molecule has 0 radical (unpaired) electrons. The molecule has 1 aromatic carbocycles. The van der Waals surface area contributed by atoms with Crippen LogP contribution < -0.4 is 10.5 Å². The van der Waals surface area contributed by atoms with E-state index in [0.717, 1.165) is 28.8 Å². The van der Waals surface area contributed by atoms with Crippen LogP contribution in [0.25, 0.3) is 0 Å². The van der Waals surface area contributed by atoms with Gasteiger partial charge in [0.05, 0.1) is 17.7 Å². The number of hydrogen-bond acceptors (Lipinski definition) is 3. The molecular formula is C11H14BrNO2. The standard InChI is InChI=1S/C11H14BrNO2/c1-14-10-3-2-7(6-8(10)12)11-9(13)4-5-15-11/h2-3,6,9,11H,4-5,13H2,1H3. The van der Waals surface area contributed by atoms with E-state index in [9.17, 15) is 0 Å². The second-order valence-electron chi connectivity index (χ2n) is 3.64. The SMILES string of the molecule is COc1ccc(C2OCCC2N)cc1Br. The van der Waals surface area contributed by atoms with Crippen molar-refractivity contribution in [2.24, 2.45) is 5.73 Å². The van der Waals surface area contributed by atoms with Gasteiger partial charge in [-0.1, -0.05) is 6.07 Å². The first-order chi connectivity index (χ1) is 7.22. The first-order valence-corrected chi connectivity index (χ1v) is 5.72. The fourth-order valence-corrected chi connectivity index (χ4v) is 2.37. The van der Waals surface area contributed by atoms with Crippen LogP contribution in [0.4, 0.5) is 0 Å². The van der Waals surface area contributed by atoms with E-state index in [1.165, 1.54) is 0 Å². The number of benzene rings is 1. The molecule has 0 aliphatic carbocycles. The Morgan fingerprint density at radius 3 is 2.87 bits per heavy atom. The minimum absolute atomic E-state index is 0.0206. The van der Waals surface area contributed by atoms with Crippen LogP contribution in [0.15, 0.2) is 22.7 Å². The summed E-state index contributed by atoms with van der Waals surface area (Å²) >= 11 is 3.45. The molecule has 0 saturated carbocycles. The van der Waals surface area contributed by atoms with Gasteiger partial charge in [0.2, 0.25) is 0 Å². The van der Waals surface area contributed by atoms with E-state index in [2.05, 4.69) is 15.9 Å². The fourth-order valence-electron chi connectivity index (χ4n) is 1.81. The van der Waals surface area contributed by atoms with Crippen LogP contribution in [-0.4, -0.2) is 19.8 Å². The zero-order valence-corrected chi connectivity index (χ0v) is 10.2. The van der Waals surface area contributed by atoms with Gasteiger partial charge in [-0.3, -0.25) is 0 Å². The summed E-state index contributed by atoms with van der Waals surface area (Å²) in [6.07, 6.45) is 0.945. The molecule has 4 heteroatoms. The van der Waals surface area contributed by atoms with Gasteiger partial charge in [0, 0.05) is 12.6 Å². The van der Waals surface area contributed by atoms with Crippen molar-refractivity contribution in [1.29, 1.82) is 0 Å². The van der Waals surface area contributed by atoms with E-state index in [0.29, 0.717) is 0 Å². The second-order valence-corrected chi connectivity index (χ2v) is 4.49. The third kappa shape index (κ3) is 2.17. The normalized spacial score (nSPS) is 25.5. The highest BCUT2D eigenvalue weighted by Crippen LogP contribution is 2.33. The van der Waals surface area contributed by atoms with E-state index in [-0.39, 0.29) is 12.1 Å². The summed E-state index contributed by atoms with van der Waals surface area (Å²) in [4.78, 5) is 0. The van der Waals surface area contributed by atoms with E-state index in [1.54, 1.807) is 7.11 Å². The van der Waals surface area contributed by atoms with Crippen molar-refractivity contribution in [2.75, 3.05) is 13.7 Å². The van der Waals surface area contributed by atoms with Crippen molar-refractivity contribution in [3.63, 3.8) is 0 Å². The third-order valence-electron chi connectivity index (χ3n) is 2.64. The summed E-state index contributed by atoms with van der Waals surface area (Å²) in [7, 11) is 1.65. The molecule has 3 nitrogen and oxygen atoms in total. The highest BCUT2D eigenvalue weighted by Gasteiger charge is 2.26. The molecule has 0 amide bonds. The molecule has 1 saturated heterocycles. The number of hydrogen-bond donors (Lipinski definition) is 1. The van der Waals surface area contributed by atoms with Crippen LogP contribution in [0.1, 0.15) is 18.1 Å². The van der Waals surface area contributed by atoms with Gasteiger partial charge in [0.15, 0.2) is 0 Å². The van der Waals surface area contributed by atoms with E-state index < -0.39 is 0 Å². The number of methoxy groups -OCH3 is 1. The van der Waals surface area contributed by atoms with Gasteiger partial charge in [-0.25, -0.2) is 0 Å². The Labute approximate surface area is 97.7 Å². The summed E-state index contributed by atoms with van der Waals surface area (Å²) in [6, 6.07) is 6.03. The minimum Gasteiger partial charge on any atom is -0.496 e. The Hall–Kier alpha value is -0.580. The molecule has 1 fully saturated rings. The summed E-state index contributed by atoms with van der Waals surface area (Å²) in [5.74, 6) is 0.824. The first-order valence-electron chi connectivity index (χ1n) is 4.93. The van der Waals surface area contributed by atoms with Crippen LogP contribution in [-0.2, 0) is 4.74 Å². The smallest absolute Gasteiger partial charge is 0.133 e. The molecule has 0 aromatic heterocycles. The topological polar surface area (TPSA) is 44.5 Å². The highest BCUT2D eigenvalue weighted by molar-refractivity contribution is 9.10. The molecule has 2 rings (SSSR count). The predicted octanol–water partition coefficient (Wildman–Crippen LogP) is 2.25. The van der Waals surface area contributed by atoms with Crippen molar-refractivity contribution in [1.82, 2.24) is 0 Å². The minimum atomic E-state index is 0.0206. The molecule has 1 aromatic rings. The monoisotopic (exact) mass is 271 g/mol. The van der Waals surface area contributed by atoms with Crippen LogP contribution in [0, 0.1) is 0 Å². The Morgan fingerprint density at radius 1 is 1.53 bits per heavy atom. The Bertz CT molecular complexity index is 356. The maximum absolute atomic E-state index is 5.96. The van der Waals surface area contributed by atoms with Crippen molar-refractivity contribution in [3.8, 4) is 5.75 Å². The average Bonchev–Trinajstić information content (AvgIpc) is 2.64. The molecule has 2 N–H and O–H groups in total. The number of ether oxygens (including phenoxy) is 2. The zero-order chi connectivity index (χ0) is 10.8. The Kier molecular flexibility index (Phi) is 3.29. The number of rotatable bonds is 2. The maximum Gasteiger partial charge on any atom is 0.133 e. The summed E-state index contributed by atoms with van der Waals surface area (Å²) < 4.78 is 11.7. The van der Waals surface area contributed by atoms with Crippen molar-refractivity contribution in [3.05, 3.63) is 28.2 Å². The van der Waals surface area contributed by atoms with Crippen LogP contribution >= 0.6 is 15.9 Å². The van der Waals surface area contributed by atoms with Gasteiger partial charge in [-0.15, -0.1) is 0 Å². The van der Waals surface area contributed by atoms with Gasteiger partial charge in [0.25, 0.3) is 0 Å². The van der Waals surface area contributed by atoms with Gasteiger partial charge in [0.1, 0.15) is 5.75 Å². The lowest BCUT2D eigenvalue weighted by atomic mass is 10.0. The second kappa shape index (κ2) is 4.51. The predicted molar refractivity (Wildman–Crippen MR) is 62.0 cm³/mol. The maximum atomic E-state index is 5.96. The van der Waals surface area contributed by atoms with Crippen LogP contribution in [0.5, 0.6) is 5.75 Å². The van der Waals surface area contributed by atoms with Gasteiger partial charge < -0.3 is 15.2 Å². The van der Waals surface area contributed by atoms with E-state index in [1.807, 2.05) is 18.2 Å². The Balaban J connectivity index is 2.25. The first kappa shape index (κ1) is 10.9. The largest absolute Gasteiger partial charge is 0.496 e. The summed E-state index contributed by atoms with van der Waals surface area (Å²) in [5, 5.41) is 0. The number of halogens is 1. The summed E-state index contributed by atoms with van der Waals surface area (Å²) in [6.45, 7) is 0.746. The molecule has 0 bridgehead atoms.